The van der Waals surface area contributed by atoms with Gasteiger partial charge in [-0.15, -0.1) is 12.4 Å². The molecule has 3 N–H and O–H groups in total. The fourth-order valence-corrected chi connectivity index (χ4v) is 1.33. The first-order chi connectivity index (χ1) is 7.82. The minimum Gasteiger partial charge on any atom is -0.351 e. The van der Waals surface area contributed by atoms with E-state index < -0.39 is 6.04 Å². The molecular formula is C13H20ClFN2O. The van der Waals surface area contributed by atoms with Crippen LogP contribution in [-0.2, 0) is 11.3 Å². The van der Waals surface area contributed by atoms with Crippen LogP contribution in [0.15, 0.2) is 24.3 Å². The summed E-state index contributed by atoms with van der Waals surface area (Å²) < 4.78 is 13.3. The molecular weight excluding hydrogens is 255 g/mol. The largest absolute Gasteiger partial charge is 0.351 e. The van der Waals surface area contributed by atoms with Crippen molar-refractivity contribution in [3.63, 3.8) is 0 Å². The molecule has 3 nitrogen and oxygen atoms in total. The van der Waals surface area contributed by atoms with Crippen LogP contribution in [0.4, 0.5) is 4.39 Å². The Kier molecular flexibility index (Phi) is 6.29. The van der Waals surface area contributed by atoms with Crippen LogP contribution >= 0.6 is 12.4 Å². The fourth-order valence-electron chi connectivity index (χ4n) is 1.33. The van der Waals surface area contributed by atoms with Crippen molar-refractivity contribution in [3.8, 4) is 0 Å². The molecule has 102 valence electrons. The third-order valence-electron chi connectivity index (χ3n) is 2.63. The summed E-state index contributed by atoms with van der Waals surface area (Å²) in [7, 11) is 0. The standard InChI is InChI=1S/C13H19FN2O.ClH/c1-13(2,3)11(15)12(17)16-8-9-6-4-5-7-10(9)14;/h4-7,11H,8,15H2,1-3H3,(H,16,17);1H/t11-;/m1./s1. The van der Waals surface area contributed by atoms with E-state index in [1.54, 1.807) is 18.2 Å². The van der Waals surface area contributed by atoms with Crippen molar-refractivity contribution in [1.29, 1.82) is 0 Å². The fraction of sp³-hybridized carbons (Fsp3) is 0.462. The second kappa shape index (κ2) is 6.71. The monoisotopic (exact) mass is 274 g/mol. The molecule has 18 heavy (non-hydrogen) atoms. The Morgan fingerprint density at radius 3 is 2.44 bits per heavy atom. The normalized spacial score (nSPS) is 12.5. The summed E-state index contributed by atoms with van der Waals surface area (Å²) in [6.45, 7) is 5.83. The Labute approximate surface area is 113 Å². The molecule has 0 fully saturated rings. The first-order valence-electron chi connectivity index (χ1n) is 5.59. The van der Waals surface area contributed by atoms with Crippen LogP contribution < -0.4 is 11.1 Å². The van der Waals surface area contributed by atoms with Crippen molar-refractivity contribution in [2.75, 3.05) is 0 Å². The first kappa shape index (κ1) is 16.9. The van der Waals surface area contributed by atoms with Crippen molar-refractivity contribution in [3.05, 3.63) is 35.6 Å². The number of rotatable bonds is 3. The molecule has 0 spiro atoms. The van der Waals surface area contributed by atoms with Crippen LogP contribution in [0, 0.1) is 11.2 Å². The van der Waals surface area contributed by atoms with Gasteiger partial charge in [-0.25, -0.2) is 4.39 Å². The lowest BCUT2D eigenvalue weighted by atomic mass is 9.87. The van der Waals surface area contributed by atoms with Crippen LogP contribution in [0.25, 0.3) is 0 Å². The Morgan fingerprint density at radius 1 is 1.39 bits per heavy atom. The van der Waals surface area contributed by atoms with E-state index in [9.17, 15) is 9.18 Å². The van der Waals surface area contributed by atoms with Gasteiger partial charge in [0, 0.05) is 12.1 Å². The predicted octanol–water partition coefficient (Wildman–Crippen LogP) is 2.24. The second-order valence-corrected chi connectivity index (χ2v) is 5.15. The average Bonchev–Trinajstić information content (AvgIpc) is 2.25. The molecule has 0 bridgehead atoms. The zero-order valence-corrected chi connectivity index (χ0v) is 11.7. The van der Waals surface area contributed by atoms with Gasteiger partial charge in [-0.1, -0.05) is 39.0 Å². The third kappa shape index (κ3) is 4.63. The van der Waals surface area contributed by atoms with E-state index in [0.717, 1.165) is 0 Å². The summed E-state index contributed by atoms with van der Waals surface area (Å²) in [5.41, 5.74) is 5.94. The highest BCUT2D eigenvalue weighted by molar-refractivity contribution is 5.85. The number of halogens is 2. The van der Waals surface area contributed by atoms with Crippen molar-refractivity contribution in [1.82, 2.24) is 5.32 Å². The lowest BCUT2D eigenvalue weighted by Gasteiger charge is -2.25. The molecule has 5 heteroatoms. The molecule has 0 heterocycles. The number of benzene rings is 1. The van der Waals surface area contributed by atoms with E-state index in [-0.39, 0.29) is 36.1 Å². The number of nitrogens with two attached hydrogens (primary N) is 1. The topological polar surface area (TPSA) is 55.1 Å². The Morgan fingerprint density at radius 2 is 1.94 bits per heavy atom. The van der Waals surface area contributed by atoms with Crippen LogP contribution in [0.1, 0.15) is 26.3 Å². The Bertz CT molecular complexity index is 404. The van der Waals surface area contributed by atoms with Gasteiger partial charge in [0.05, 0.1) is 6.04 Å². The van der Waals surface area contributed by atoms with Crippen molar-refractivity contribution >= 4 is 18.3 Å². The number of amides is 1. The lowest BCUT2D eigenvalue weighted by molar-refractivity contribution is -0.124. The molecule has 0 radical (unpaired) electrons. The van der Waals surface area contributed by atoms with Gasteiger partial charge in [-0.05, 0) is 11.5 Å². The second-order valence-electron chi connectivity index (χ2n) is 5.15. The molecule has 0 aliphatic heterocycles. The van der Waals surface area contributed by atoms with Crippen molar-refractivity contribution < 1.29 is 9.18 Å². The minimum atomic E-state index is -0.603. The average molecular weight is 275 g/mol. The number of carbonyl (C=O) groups excluding carboxylic acids is 1. The number of hydrogen-bond acceptors (Lipinski definition) is 2. The number of hydrogen-bond donors (Lipinski definition) is 2. The summed E-state index contributed by atoms with van der Waals surface area (Å²) in [4.78, 5) is 11.7. The zero-order chi connectivity index (χ0) is 13.1. The highest BCUT2D eigenvalue weighted by Gasteiger charge is 2.27. The molecule has 0 saturated carbocycles. The van der Waals surface area contributed by atoms with Gasteiger partial charge in [-0.3, -0.25) is 4.79 Å². The summed E-state index contributed by atoms with van der Waals surface area (Å²) in [5.74, 6) is -0.585. The van der Waals surface area contributed by atoms with Crippen molar-refractivity contribution in [2.24, 2.45) is 11.1 Å². The van der Waals surface area contributed by atoms with Gasteiger partial charge in [0.15, 0.2) is 0 Å². The third-order valence-corrected chi connectivity index (χ3v) is 2.63. The molecule has 0 aliphatic carbocycles. The first-order valence-corrected chi connectivity index (χ1v) is 5.59. The molecule has 0 unspecified atom stereocenters. The van der Waals surface area contributed by atoms with Crippen LogP contribution in [0.3, 0.4) is 0 Å². The minimum absolute atomic E-state index is 0. The predicted molar refractivity (Wildman–Crippen MR) is 72.9 cm³/mol. The van der Waals surface area contributed by atoms with Gasteiger partial charge in [-0.2, -0.15) is 0 Å². The van der Waals surface area contributed by atoms with Gasteiger partial charge >= 0.3 is 0 Å². The number of nitrogens with one attached hydrogen (secondary N) is 1. The highest BCUT2D eigenvalue weighted by Crippen LogP contribution is 2.17. The molecule has 1 amide bonds. The van der Waals surface area contributed by atoms with Gasteiger partial charge in [0.2, 0.25) is 5.91 Å². The summed E-state index contributed by atoms with van der Waals surface area (Å²) >= 11 is 0. The molecule has 1 aromatic rings. The van der Waals surface area contributed by atoms with Crippen LogP contribution in [-0.4, -0.2) is 11.9 Å². The summed E-state index contributed by atoms with van der Waals surface area (Å²) in [6, 6.07) is 5.74. The van der Waals surface area contributed by atoms with E-state index in [1.165, 1.54) is 6.07 Å². The molecule has 1 rings (SSSR count). The van der Waals surface area contributed by atoms with Crippen molar-refractivity contribution in [2.45, 2.75) is 33.4 Å². The van der Waals surface area contributed by atoms with E-state index in [0.29, 0.717) is 5.56 Å². The summed E-state index contributed by atoms with van der Waals surface area (Å²) in [5, 5.41) is 2.64. The lowest BCUT2D eigenvalue weighted by Crippen LogP contribution is -2.48. The molecule has 1 atom stereocenters. The maximum Gasteiger partial charge on any atom is 0.237 e. The van der Waals surface area contributed by atoms with Gasteiger partial charge in [0.25, 0.3) is 0 Å². The quantitative estimate of drug-likeness (QED) is 0.888. The maximum absolute atomic E-state index is 13.3. The van der Waals surface area contributed by atoms with Gasteiger partial charge < -0.3 is 11.1 Å². The zero-order valence-electron chi connectivity index (χ0n) is 10.9. The Balaban J connectivity index is 0.00000289. The molecule has 0 aromatic heterocycles. The van der Waals surface area contributed by atoms with E-state index in [2.05, 4.69) is 5.32 Å². The smallest absolute Gasteiger partial charge is 0.237 e. The van der Waals surface area contributed by atoms with Gasteiger partial charge in [0.1, 0.15) is 5.82 Å². The molecule has 0 saturated heterocycles. The van der Waals surface area contributed by atoms with E-state index >= 15 is 0 Å². The van der Waals surface area contributed by atoms with E-state index in [4.69, 9.17) is 5.73 Å². The van der Waals surface area contributed by atoms with Crippen LogP contribution in [0.5, 0.6) is 0 Å². The molecule has 0 aliphatic rings. The Hall–Kier alpha value is -1.13. The maximum atomic E-state index is 13.3. The number of carbonyl (C=O) groups is 1. The highest BCUT2D eigenvalue weighted by atomic mass is 35.5. The molecule has 1 aromatic carbocycles. The van der Waals surface area contributed by atoms with E-state index in [1.807, 2.05) is 20.8 Å². The van der Waals surface area contributed by atoms with Crippen LogP contribution in [0.2, 0.25) is 0 Å². The summed E-state index contributed by atoms with van der Waals surface area (Å²) in [6.07, 6.45) is 0. The SMILES string of the molecule is CC(C)(C)[C@H](N)C(=O)NCc1ccccc1F.Cl.